The van der Waals surface area contributed by atoms with Gasteiger partial charge in [-0.2, -0.15) is 0 Å². The van der Waals surface area contributed by atoms with Crippen LogP contribution in [-0.4, -0.2) is 45.5 Å². The SMILES string of the molecule is CCc1nccn1Cc1cc(C#Cc2ccc(OCCCN)cc2)on1.NC(=O)CCO. The van der Waals surface area contributed by atoms with Gasteiger partial charge >= 0.3 is 0 Å². The minimum Gasteiger partial charge on any atom is -0.494 e. The van der Waals surface area contributed by atoms with Crippen molar-refractivity contribution in [1.29, 1.82) is 0 Å². The summed E-state index contributed by atoms with van der Waals surface area (Å²) in [5.41, 5.74) is 11.8. The predicted octanol–water partition coefficient (Wildman–Crippen LogP) is 1.46. The van der Waals surface area contributed by atoms with Gasteiger partial charge in [-0.1, -0.05) is 18.0 Å². The van der Waals surface area contributed by atoms with Crippen molar-refractivity contribution in [2.75, 3.05) is 19.8 Å². The Labute approximate surface area is 187 Å². The molecular weight excluding hydrogens is 410 g/mol. The number of amides is 1. The second-order valence-corrected chi connectivity index (χ2v) is 6.71. The number of rotatable bonds is 9. The molecule has 1 aromatic carbocycles. The molecule has 3 aromatic rings. The molecule has 0 atom stereocenters. The lowest BCUT2D eigenvalue weighted by atomic mass is 10.2. The van der Waals surface area contributed by atoms with Crippen LogP contribution < -0.4 is 16.2 Å². The number of aryl methyl sites for hydroxylation is 1. The van der Waals surface area contributed by atoms with Crippen molar-refractivity contribution >= 4 is 5.91 Å². The first-order valence-electron chi connectivity index (χ1n) is 10.4. The molecule has 3 rings (SSSR count). The first-order chi connectivity index (χ1) is 15.5. The molecule has 2 heterocycles. The van der Waals surface area contributed by atoms with Gasteiger partial charge in [-0.15, -0.1) is 0 Å². The Morgan fingerprint density at radius 3 is 2.69 bits per heavy atom. The van der Waals surface area contributed by atoms with E-state index in [-0.39, 0.29) is 13.0 Å². The van der Waals surface area contributed by atoms with Crippen LogP contribution in [0.2, 0.25) is 0 Å². The van der Waals surface area contributed by atoms with Crippen LogP contribution >= 0.6 is 0 Å². The highest BCUT2D eigenvalue weighted by atomic mass is 16.5. The molecule has 0 bridgehead atoms. The number of carbonyl (C=O) groups excluding carboxylic acids is 1. The predicted molar refractivity (Wildman–Crippen MR) is 120 cm³/mol. The average molecular weight is 440 g/mol. The fourth-order valence-corrected chi connectivity index (χ4v) is 2.57. The van der Waals surface area contributed by atoms with Crippen molar-refractivity contribution in [3.8, 4) is 17.6 Å². The maximum atomic E-state index is 9.66. The molecule has 0 aliphatic rings. The van der Waals surface area contributed by atoms with E-state index in [4.69, 9.17) is 20.1 Å². The maximum absolute atomic E-state index is 9.66. The highest BCUT2D eigenvalue weighted by Gasteiger charge is 2.06. The third-order valence-electron chi connectivity index (χ3n) is 4.17. The van der Waals surface area contributed by atoms with Crippen LogP contribution in [0.25, 0.3) is 0 Å². The summed E-state index contributed by atoms with van der Waals surface area (Å²) in [6.45, 7) is 3.81. The summed E-state index contributed by atoms with van der Waals surface area (Å²) in [6, 6.07) is 9.49. The van der Waals surface area contributed by atoms with Crippen molar-refractivity contribution in [3.05, 3.63) is 65.6 Å². The lowest BCUT2D eigenvalue weighted by Crippen LogP contribution is -2.11. The third kappa shape index (κ3) is 8.63. The Bertz CT molecular complexity index is 1010. The number of aromatic nitrogens is 3. The lowest BCUT2D eigenvalue weighted by Gasteiger charge is -2.04. The molecule has 0 unspecified atom stereocenters. The zero-order valence-corrected chi connectivity index (χ0v) is 18.2. The molecule has 9 heteroatoms. The van der Waals surface area contributed by atoms with E-state index >= 15 is 0 Å². The highest BCUT2D eigenvalue weighted by molar-refractivity contribution is 5.73. The van der Waals surface area contributed by atoms with Crippen molar-refractivity contribution in [1.82, 2.24) is 14.7 Å². The zero-order valence-electron chi connectivity index (χ0n) is 18.2. The van der Waals surface area contributed by atoms with Crippen molar-refractivity contribution < 1.29 is 19.2 Å². The summed E-state index contributed by atoms with van der Waals surface area (Å²) in [7, 11) is 0. The number of carbonyl (C=O) groups is 1. The number of ether oxygens (including phenoxy) is 1. The number of benzene rings is 1. The van der Waals surface area contributed by atoms with E-state index in [9.17, 15) is 4.79 Å². The second kappa shape index (κ2) is 13.6. The summed E-state index contributed by atoms with van der Waals surface area (Å²) >= 11 is 0. The van der Waals surface area contributed by atoms with Crippen LogP contribution in [0, 0.1) is 11.8 Å². The van der Waals surface area contributed by atoms with E-state index in [1.807, 2.05) is 36.5 Å². The molecule has 170 valence electrons. The molecule has 5 N–H and O–H groups in total. The number of nitrogens with two attached hydrogens (primary N) is 2. The van der Waals surface area contributed by atoms with Gasteiger partial charge in [0.2, 0.25) is 11.7 Å². The Morgan fingerprint density at radius 1 is 1.28 bits per heavy atom. The van der Waals surface area contributed by atoms with Crippen LogP contribution in [0.3, 0.4) is 0 Å². The van der Waals surface area contributed by atoms with Crippen molar-refractivity contribution in [2.24, 2.45) is 11.5 Å². The first kappa shape index (κ1) is 24.7. The summed E-state index contributed by atoms with van der Waals surface area (Å²) in [5, 5.41) is 12.0. The van der Waals surface area contributed by atoms with Crippen LogP contribution in [-0.2, 0) is 17.8 Å². The number of aliphatic hydroxyl groups excluding tert-OH is 1. The fourth-order valence-electron chi connectivity index (χ4n) is 2.57. The molecule has 0 saturated heterocycles. The average Bonchev–Trinajstić information content (AvgIpc) is 3.43. The van der Waals surface area contributed by atoms with Gasteiger partial charge in [0, 0.05) is 36.9 Å². The fraction of sp³-hybridized carbons (Fsp3) is 0.348. The van der Waals surface area contributed by atoms with Gasteiger partial charge in [-0.25, -0.2) is 4.98 Å². The molecule has 9 nitrogen and oxygen atoms in total. The number of nitrogens with zero attached hydrogens (tertiary/aromatic N) is 3. The first-order valence-corrected chi connectivity index (χ1v) is 10.4. The van der Waals surface area contributed by atoms with Crippen LogP contribution in [0.1, 0.15) is 42.6 Å². The standard InChI is InChI=1S/C20H22N4O2.C3H7NO2/c1-2-20-22-11-12-24(20)15-17-14-19(26-23-17)9-6-16-4-7-18(8-5-16)25-13-3-10-21;4-3(6)1-2-5/h4-5,7-8,11-12,14H,2-3,10,13,15,21H2,1H3;5H,1-2H2,(H2,4,6). The normalized spacial score (nSPS) is 9.97. The van der Waals surface area contributed by atoms with Gasteiger partial charge in [0.15, 0.2) is 0 Å². The Hall–Kier alpha value is -3.61. The van der Waals surface area contributed by atoms with E-state index in [2.05, 4.69) is 39.2 Å². The van der Waals surface area contributed by atoms with Crippen molar-refractivity contribution in [2.45, 2.75) is 32.7 Å². The van der Waals surface area contributed by atoms with E-state index in [0.717, 1.165) is 35.7 Å². The second-order valence-electron chi connectivity index (χ2n) is 6.71. The van der Waals surface area contributed by atoms with E-state index in [0.29, 0.717) is 25.5 Å². The molecule has 0 aliphatic heterocycles. The minimum atomic E-state index is -0.461. The molecule has 1 amide bonds. The van der Waals surface area contributed by atoms with Crippen LogP contribution in [0.15, 0.2) is 47.2 Å². The smallest absolute Gasteiger partial charge is 0.219 e. The molecule has 2 aromatic heterocycles. The van der Waals surface area contributed by atoms with E-state index in [1.54, 1.807) is 6.20 Å². The molecule has 0 aliphatic carbocycles. The number of hydrogen-bond acceptors (Lipinski definition) is 7. The van der Waals surface area contributed by atoms with Gasteiger partial charge in [0.1, 0.15) is 17.3 Å². The number of primary amides is 1. The van der Waals surface area contributed by atoms with Crippen LogP contribution in [0.5, 0.6) is 5.75 Å². The Kier molecular flexibility index (Phi) is 10.5. The highest BCUT2D eigenvalue weighted by Crippen LogP contribution is 2.12. The number of aliphatic hydroxyl groups is 1. The maximum Gasteiger partial charge on any atom is 0.219 e. The molecule has 0 fully saturated rings. The largest absolute Gasteiger partial charge is 0.494 e. The minimum absolute atomic E-state index is 0.0694. The molecule has 0 radical (unpaired) electrons. The quantitative estimate of drug-likeness (QED) is 0.338. The van der Waals surface area contributed by atoms with Crippen molar-refractivity contribution in [3.63, 3.8) is 0 Å². The van der Waals surface area contributed by atoms with Gasteiger partial charge in [0.25, 0.3) is 0 Å². The summed E-state index contributed by atoms with van der Waals surface area (Å²) in [5.74, 6) is 7.99. The third-order valence-corrected chi connectivity index (χ3v) is 4.17. The van der Waals surface area contributed by atoms with E-state index < -0.39 is 5.91 Å². The molecule has 0 spiro atoms. The Morgan fingerprint density at radius 2 is 2.06 bits per heavy atom. The van der Waals surface area contributed by atoms with Crippen LogP contribution in [0.4, 0.5) is 0 Å². The lowest BCUT2D eigenvalue weighted by molar-refractivity contribution is -0.118. The zero-order chi connectivity index (χ0) is 23.2. The summed E-state index contributed by atoms with van der Waals surface area (Å²) in [4.78, 5) is 14.0. The Balaban J connectivity index is 0.000000534. The summed E-state index contributed by atoms with van der Waals surface area (Å²) in [6.07, 6.45) is 5.52. The number of imidazole rings is 1. The number of hydrogen-bond donors (Lipinski definition) is 3. The van der Waals surface area contributed by atoms with Gasteiger partial charge in [0.05, 0.1) is 19.8 Å². The van der Waals surface area contributed by atoms with E-state index in [1.165, 1.54) is 0 Å². The molecule has 32 heavy (non-hydrogen) atoms. The monoisotopic (exact) mass is 439 g/mol. The topological polar surface area (TPSA) is 142 Å². The van der Waals surface area contributed by atoms with Gasteiger partial charge in [-0.3, -0.25) is 4.79 Å². The molecule has 0 saturated carbocycles. The molecular formula is C23H29N5O4. The van der Waals surface area contributed by atoms with Gasteiger partial charge in [-0.05, 0) is 43.2 Å². The summed E-state index contributed by atoms with van der Waals surface area (Å²) < 4.78 is 12.9. The van der Waals surface area contributed by atoms with Gasteiger partial charge < -0.3 is 30.4 Å².